The van der Waals surface area contributed by atoms with Crippen LogP contribution >= 0.6 is 0 Å². The van der Waals surface area contributed by atoms with Crippen molar-refractivity contribution in [1.29, 1.82) is 0 Å². The fourth-order valence-corrected chi connectivity index (χ4v) is 1.39. The van der Waals surface area contributed by atoms with Crippen LogP contribution in [-0.2, 0) is 6.42 Å². The molecule has 2 rings (SSSR count). The van der Waals surface area contributed by atoms with Crippen molar-refractivity contribution in [2.75, 3.05) is 5.73 Å². The molecule has 1 heterocycles. The summed E-state index contributed by atoms with van der Waals surface area (Å²) in [6, 6.07) is 7.86. The SMILES string of the molecule is Cc1cnc(Cc2ccc(N)cc2)[nH]1. The topological polar surface area (TPSA) is 54.7 Å². The number of rotatable bonds is 2. The van der Waals surface area contributed by atoms with Crippen molar-refractivity contribution < 1.29 is 0 Å². The van der Waals surface area contributed by atoms with Crippen molar-refractivity contribution in [2.45, 2.75) is 13.3 Å². The highest BCUT2D eigenvalue weighted by Gasteiger charge is 1.99. The Labute approximate surface area is 83.0 Å². The third kappa shape index (κ3) is 1.93. The molecule has 3 nitrogen and oxygen atoms in total. The van der Waals surface area contributed by atoms with E-state index in [0.29, 0.717) is 0 Å². The van der Waals surface area contributed by atoms with Crippen LogP contribution in [0, 0.1) is 6.92 Å². The zero-order chi connectivity index (χ0) is 9.97. The number of hydrogen-bond donors (Lipinski definition) is 2. The predicted molar refractivity (Wildman–Crippen MR) is 57.0 cm³/mol. The quantitative estimate of drug-likeness (QED) is 0.705. The van der Waals surface area contributed by atoms with Crippen LogP contribution in [-0.4, -0.2) is 9.97 Å². The maximum Gasteiger partial charge on any atom is 0.110 e. The van der Waals surface area contributed by atoms with Crippen molar-refractivity contribution in [3.05, 3.63) is 47.5 Å². The maximum absolute atomic E-state index is 5.60. The summed E-state index contributed by atoms with van der Waals surface area (Å²) in [6.45, 7) is 2.00. The van der Waals surface area contributed by atoms with E-state index < -0.39 is 0 Å². The second-order valence-corrected chi connectivity index (χ2v) is 3.43. The van der Waals surface area contributed by atoms with Crippen LogP contribution < -0.4 is 5.73 Å². The average molecular weight is 187 g/mol. The minimum Gasteiger partial charge on any atom is -0.399 e. The molecule has 0 aliphatic rings. The standard InChI is InChI=1S/C11H13N3/c1-8-7-13-11(14-8)6-9-2-4-10(12)5-3-9/h2-5,7H,6,12H2,1H3,(H,13,14). The van der Waals surface area contributed by atoms with Crippen LogP contribution in [0.4, 0.5) is 5.69 Å². The van der Waals surface area contributed by atoms with Crippen LogP contribution in [0.3, 0.4) is 0 Å². The number of aromatic amines is 1. The first-order valence-electron chi connectivity index (χ1n) is 4.59. The molecule has 0 amide bonds. The largest absolute Gasteiger partial charge is 0.399 e. The van der Waals surface area contributed by atoms with Crippen molar-refractivity contribution in [3.8, 4) is 0 Å². The molecular weight excluding hydrogens is 174 g/mol. The molecule has 72 valence electrons. The molecule has 0 spiro atoms. The minimum atomic E-state index is 0.796. The van der Waals surface area contributed by atoms with Crippen LogP contribution in [0.5, 0.6) is 0 Å². The Hall–Kier alpha value is -1.77. The summed E-state index contributed by atoms with van der Waals surface area (Å²) in [4.78, 5) is 7.44. The molecule has 1 aromatic heterocycles. The van der Waals surface area contributed by atoms with Crippen LogP contribution in [0.2, 0.25) is 0 Å². The normalized spacial score (nSPS) is 10.4. The maximum atomic E-state index is 5.60. The van der Waals surface area contributed by atoms with Gasteiger partial charge in [-0.15, -0.1) is 0 Å². The first-order valence-corrected chi connectivity index (χ1v) is 4.59. The molecular formula is C11H13N3. The number of imidazole rings is 1. The van der Waals surface area contributed by atoms with Crippen LogP contribution in [0.25, 0.3) is 0 Å². The first kappa shape index (κ1) is 8.81. The fraction of sp³-hybridized carbons (Fsp3) is 0.182. The second-order valence-electron chi connectivity index (χ2n) is 3.43. The Morgan fingerprint density at radius 2 is 2.00 bits per heavy atom. The van der Waals surface area contributed by atoms with Gasteiger partial charge in [0.05, 0.1) is 0 Å². The Morgan fingerprint density at radius 3 is 2.57 bits per heavy atom. The number of aromatic nitrogens is 2. The number of nitrogen functional groups attached to an aromatic ring is 1. The summed E-state index contributed by atoms with van der Waals surface area (Å²) in [6.07, 6.45) is 2.67. The van der Waals surface area contributed by atoms with Crippen molar-refractivity contribution in [2.24, 2.45) is 0 Å². The van der Waals surface area contributed by atoms with Crippen LogP contribution in [0.15, 0.2) is 30.5 Å². The summed E-state index contributed by atoms with van der Waals surface area (Å²) < 4.78 is 0. The second kappa shape index (κ2) is 3.54. The van der Waals surface area contributed by atoms with E-state index in [-0.39, 0.29) is 0 Å². The number of aryl methyl sites for hydroxylation is 1. The summed E-state index contributed by atoms with van der Waals surface area (Å²) in [5, 5.41) is 0. The molecule has 0 unspecified atom stereocenters. The lowest BCUT2D eigenvalue weighted by molar-refractivity contribution is 1.02. The van der Waals surface area contributed by atoms with Gasteiger partial charge in [-0.3, -0.25) is 0 Å². The molecule has 0 saturated heterocycles. The van der Waals surface area contributed by atoms with E-state index >= 15 is 0 Å². The van der Waals surface area contributed by atoms with Gasteiger partial charge in [0.1, 0.15) is 5.82 Å². The van der Waals surface area contributed by atoms with Gasteiger partial charge >= 0.3 is 0 Å². The van der Waals surface area contributed by atoms with Gasteiger partial charge in [0, 0.05) is 24.0 Å². The van der Waals surface area contributed by atoms with Gasteiger partial charge in [0.15, 0.2) is 0 Å². The molecule has 14 heavy (non-hydrogen) atoms. The van der Waals surface area contributed by atoms with Crippen molar-refractivity contribution in [3.63, 3.8) is 0 Å². The Kier molecular flexibility index (Phi) is 2.23. The third-order valence-corrected chi connectivity index (χ3v) is 2.11. The Morgan fingerprint density at radius 1 is 1.29 bits per heavy atom. The summed E-state index contributed by atoms with van der Waals surface area (Å²) >= 11 is 0. The molecule has 0 bridgehead atoms. The molecule has 3 N–H and O–H groups in total. The smallest absolute Gasteiger partial charge is 0.110 e. The van der Waals surface area contributed by atoms with Crippen molar-refractivity contribution >= 4 is 5.69 Å². The predicted octanol–water partition coefficient (Wildman–Crippen LogP) is 1.89. The van der Waals surface area contributed by atoms with E-state index in [1.165, 1.54) is 5.56 Å². The average Bonchev–Trinajstić information content (AvgIpc) is 2.56. The number of benzene rings is 1. The lowest BCUT2D eigenvalue weighted by Gasteiger charge is -1.98. The van der Waals surface area contributed by atoms with Gasteiger partial charge in [-0.05, 0) is 24.6 Å². The van der Waals surface area contributed by atoms with Gasteiger partial charge in [-0.2, -0.15) is 0 Å². The number of H-pyrrole nitrogens is 1. The zero-order valence-electron chi connectivity index (χ0n) is 8.12. The van der Waals surface area contributed by atoms with Gasteiger partial charge in [0.25, 0.3) is 0 Å². The van der Waals surface area contributed by atoms with Gasteiger partial charge in [-0.25, -0.2) is 4.98 Å². The summed E-state index contributed by atoms with van der Waals surface area (Å²) in [7, 11) is 0. The van der Waals surface area contributed by atoms with Gasteiger partial charge < -0.3 is 10.7 Å². The summed E-state index contributed by atoms with van der Waals surface area (Å²) in [5.74, 6) is 0.993. The number of nitrogens with two attached hydrogens (primary N) is 1. The molecule has 2 aromatic rings. The van der Waals surface area contributed by atoms with E-state index in [2.05, 4.69) is 9.97 Å². The van der Waals surface area contributed by atoms with Crippen molar-refractivity contribution in [1.82, 2.24) is 9.97 Å². The molecule has 0 saturated carbocycles. The molecule has 0 aliphatic heterocycles. The highest BCUT2D eigenvalue weighted by Crippen LogP contribution is 2.09. The molecule has 1 aromatic carbocycles. The minimum absolute atomic E-state index is 0.796. The first-order chi connectivity index (χ1) is 6.74. The van der Waals surface area contributed by atoms with E-state index in [4.69, 9.17) is 5.73 Å². The third-order valence-electron chi connectivity index (χ3n) is 2.11. The molecule has 0 atom stereocenters. The highest BCUT2D eigenvalue weighted by atomic mass is 14.9. The van der Waals surface area contributed by atoms with E-state index in [9.17, 15) is 0 Å². The van der Waals surface area contributed by atoms with E-state index in [1.807, 2.05) is 37.4 Å². The number of anilines is 1. The zero-order valence-corrected chi connectivity index (χ0v) is 8.12. The van der Waals surface area contributed by atoms with E-state index in [0.717, 1.165) is 23.6 Å². The monoisotopic (exact) mass is 187 g/mol. The molecule has 3 heteroatoms. The highest BCUT2D eigenvalue weighted by molar-refractivity contribution is 5.39. The fourth-order valence-electron chi connectivity index (χ4n) is 1.39. The molecule has 0 radical (unpaired) electrons. The molecule has 0 fully saturated rings. The number of nitrogens with zero attached hydrogens (tertiary/aromatic N) is 1. The van der Waals surface area contributed by atoms with Gasteiger partial charge in [0.2, 0.25) is 0 Å². The molecule has 0 aliphatic carbocycles. The number of nitrogens with one attached hydrogen (secondary N) is 1. The van der Waals surface area contributed by atoms with E-state index in [1.54, 1.807) is 0 Å². The lowest BCUT2D eigenvalue weighted by atomic mass is 10.1. The Bertz CT molecular complexity index is 414. The number of hydrogen-bond acceptors (Lipinski definition) is 2. The summed E-state index contributed by atoms with van der Waals surface area (Å²) in [5.41, 5.74) is 8.71. The Balaban J connectivity index is 2.15. The van der Waals surface area contributed by atoms with Gasteiger partial charge in [-0.1, -0.05) is 12.1 Å². The lowest BCUT2D eigenvalue weighted by Crippen LogP contribution is -1.91. The van der Waals surface area contributed by atoms with Crippen LogP contribution in [0.1, 0.15) is 17.1 Å².